The predicted octanol–water partition coefficient (Wildman–Crippen LogP) is 3.13. The number of hydrogen-bond acceptors (Lipinski definition) is 2. The maximum absolute atomic E-state index is 12.2. The zero-order valence-corrected chi connectivity index (χ0v) is 12.1. The number of benzene rings is 1. The van der Waals surface area contributed by atoms with Gasteiger partial charge in [0.2, 0.25) is 0 Å². The van der Waals surface area contributed by atoms with Crippen LogP contribution in [0.1, 0.15) is 36.0 Å². The predicted molar refractivity (Wildman–Crippen MR) is 75.4 cm³/mol. The molecule has 3 nitrogen and oxygen atoms in total. The Hall–Kier alpha value is -1.03. The van der Waals surface area contributed by atoms with Crippen LogP contribution in [0.5, 0.6) is 5.75 Å². The Kier molecular flexibility index (Phi) is 4.64. The molecule has 0 radical (unpaired) electrons. The topological polar surface area (TPSA) is 38.3 Å². The van der Waals surface area contributed by atoms with E-state index in [1.165, 1.54) is 12.8 Å². The molecule has 1 aliphatic rings. The van der Waals surface area contributed by atoms with Crippen molar-refractivity contribution in [1.82, 2.24) is 5.32 Å². The molecule has 0 saturated heterocycles. The molecule has 0 aromatic heterocycles. The molecule has 2 rings (SSSR count). The highest BCUT2D eigenvalue weighted by Crippen LogP contribution is 2.25. The molecule has 0 spiro atoms. The second kappa shape index (κ2) is 6.23. The van der Waals surface area contributed by atoms with Crippen LogP contribution in [-0.4, -0.2) is 23.9 Å². The van der Waals surface area contributed by atoms with Gasteiger partial charge < -0.3 is 10.1 Å². The normalized spacial score (nSPS) is 23.4. The van der Waals surface area contributed by atoms with Crippen LogP contribution in [0.4, 0.5) is 0 Å². The first kappa shape index (κ1) is 13.4. The SMILES string of the molecule is COc1ccccc1C(=O)NC1CCCCC1Br. The third-order valence-electron chi connectivity index (χ3n) is 3.35. The highest BCUT2D eigenvalue weighted by atomic mass is 79.9. The summed E-state index contributed by atoms with van der Waals surface area (Å²) in [7, 11) is 1.58. The number of halogens is 1. The van der Waals surface area contributed by atoms with Crippen molar-refractivity contribution < 1.29 is 9.53 Å². The smallest absolute Gasteiger partial charge is 0.255 e. The Morgan fingerprint density at radius 2 is 2.06 bits per heavy atom. The summed E-state index contributed by atoms with van der Waals surface area (Å²) >= 11 is 3.65. The lowest BCUT2D eigenvalue weighted by atomic mass is 9.95. The van der Waals surface area contributed by atoms with Gasteiger partial charge in [-0.2, -0.15) is 0 Å². The Morgan fingerprint density at radius 1 is 1.33 bits per heavy atom. The van der Waals surface area contributed by atoms with Crippen molar-refractivity contribution in [3.05, 3.63) is 29.8 Å². The van der Waals surface area contributed by atoms with Gasteiger partial charge in [-0.3, -0.25) is 4.79 Å². The van der Waals surface area contributed by atoms with Crippen LogP contribution < -0.4 is 10.1 Å². The van der Waals surface area contributed by atoms with Crippen LogP contribution in [0.3, 0.4) is 0 Å². The summed E-state index contributed by atoms with van der Waals surface area (Å²) in [5.41, 5.74) is 0.602. The van der Waals surface area contributed by atoms with E-state index in [0.717, 1.165) is 12.8 Å². The van der Waals surface area contributed by atoms with Crippen LogP contribution in [0.25, 0.3) is 0 Å². The van der Waals surface area contributed by atoms with Gasteiger partial charge in [-0.05, 0) is 25.0 Å². The molecule has 1 N–H and O–H groups in total. The highest BCUT2D eigenvalue weighted by Gasteiger charge is 2.25. The van der Waals surface area contributed by atoms with Gasteiger partial charge in [0.1, 0.15) is 5.75 Å². The Bertz CT molecular complexity index is 422. The number of carbonyl (C=O) groups excluding carboxylic acids is 1. The van der Waals surface area contributed by atoms with Crippen molar-refractivity contribution in [2.75, 3.05) is 7.11 Å². The first-order valence-electron chi connectivity index (χ1n) is 6.30. The van der Waals surface area contributed by atoms with E-state index in [0.29, 0.717) is 16.1 Å². The number of carbonyl (C=O) groups is 1. The molecule has 1 aromatic rings. The van der Waals surface area contributed by atoms with Crippen molar-refractivity contribution in [2.45, 2.75) is 36.6 Å². The number of methoxy groups -OCH3 is 1. The zero-order chi connectivity index (χ0) is 13.0. The zero-order valence-electron chi connectivity index (χ0n) is 10.5. The number of para-hydroxylation sites is 1. The summed E-state index contributed by atoms with van der Waals surface area (Å²) in [4.78, 5) is 12.6. The number of hydrogen-bond donors (Lipinski definition) is 1. The average molecular weight is 312 g/mol. The molecule has 4 heteroatoms. The molecule has 0 aliphatic heterocycles. The van der Waals surface area contributed by atoms with E-state index in [9.17, 15) is 4.79 Å². The van der Waals surface area contributed by atoms with Crippen molar-refractivity contribution in [1.29, 1.82) is 0 Å². The monoisotopic (exact) mass is 311 g/mol. The summed E-state index contributed by atoms with van der Waals surface area (Å²) in [6, 6.07) is 7.53. The number of rotatable bonds is 3. The maximum atomic E-state index is 12.2. The molecule has 18 heavy (non-hydrogen) atoms. The van der Waals surface area contributed by atoms with Crippen LogP contribution in [-0.2, 0) is 0 Å². The number of nitrogens with one attached hydrogen (secondary N) is 1. The number of alkyl halides is 1. The molecule has 1 saturated carbocycles. The summed E-state index contributed by atoms with van der Waals surface area (Å²) in [5, 5.41) is 3.09. The van der Waals surface area contributed by atoms with Gasteiger partial charge in [-0.15, -0.1) is 0 Å². The third-order valence-corrected chi connectivity index (χ3v) is 4.45. The minimum atomic E-state index is -0.0520. The molecule has 98 valence electrons. The molecule has 1 fully saturated rings. The van der Waals surface area contributed by atoms with Crippen molar-refractivity contribution in [3.63, 3.8) is 0 Å². The first-order chi connectivity index (χ1) is 8.72. The number of amides is 1. The van der Waals surface area contributed by atoms with Gasteiger partial charge in [-0.25, -0.2) is 0 Å². The standard InChI is InChI=1S/C14H18BrNO2/c1-18-13-9-5-2-6-10(13)14(17)16-12-8-4-3-7-11(12)15/h2,5-6,9,11-12H,3-4,7-8H2,1H3,(H,16,17). The molecule has 1 amide bonds. The summed E-state index contributed by atoms with van der Waals surface area (Å²) in [6.07, 6.45) is 4.57. The fourth-order valence-electron chi connectivity index (χ4n) is 2.33. The van der Waals surface area contributed by atoms with E-state index < -0.39 is 0 Å². The van der Waals surface area contributed by atoms with E-state index >= 15 is 0 Å². The largest absolute Gasteiger partial charge is 0.496 e. The fourth-order valence-corrected chi connectivity index (χ4v) is 3.05. The quantitative estimate of drug-likeness (QED) is 0.871. The van der Waals surface area contributed by atoms with Crippen LogP contribution in [0.2, 0.25) is 0 Å². The van der Waals surface area contributed by atoms with E-state index in [1.807, 2.05) is 12.1 Å². The van der Waals surface area contributed by atoms with Gasteiger partial charge in [-0.1, -0.05) is 40.9 Å². The fraction of sp³-hybridized carbons (Fsp3) is 0.500. The number of ether oxygens (including phenoxy) is 1. The Labute approximate surface area is 116 Å². The lowest BCUT2D eigenvalue weighted by molar-refractivity contribution is 0.0927. The van der Waals surface area contributed by atoms with Crippen molar-refractivity contribution in [3.8, 4) is 5.75 Å². The van der Waals surface area contributed by atoms with Gasteiger partial charge in [0.25, 0.3) is 5.91 Å². The third kappa shape index (κ3) is 3.05. The Balaban J connectivity index is 2.07. The molecule has 2 atom stereocenters. The summed E-state index contributed by atoms with van der Waals surface area (Å²) in [5.74, 6) is 0.570. The minimum absolute atomic E-state index is 0.0520. The van der Waals surface area contributed by atoms with Crippen molar-refractivity contribution in [2.24, 2.45) is 0 Å². The second-order valence-electron chi connectivity index (χ2n) is 4.58. The molecular weight excluding hydrogens is 294 g/mol. The summed E-state index contributed by atoms with van der Waals surface area (Å²) in [6.45, 7) is 0. The van der Waals surface area contributed by atoms with E-state index in [2.05, 4.69) is 21.2 Å². The van der Waals surface area contributed by atoms with Gasteiger partial charge in [0, 0.05) is 10.9 Å². The average Bonchev–Trinajstić information content (AvgIpc) is 2.41. The highest BCUT2D eigenvalue weighted by molar-refractivity contribution is 9.09. The van der Waals surface area contributed by atoms with Gasteiger partial charge in [0.05, 0.1) is 12.7 Å². The molecule has 0 bridgehead atoms. The molecule has 0 heterocycles. The van der Waals surface area contributed by atoms with E-state index in [4.69, 9.17) is 4.74 Å². The molecule has 1 aliphatic carbocycles. The summed E-state index contributed by atoms with van der Waals surface area (Å²) < 4.78 is 5.21. The molecule has 2 unspecified atom stereocenters. The second-order valence-corrected chi connectivity index (χ2v) is 5.76. The van der Waals surface area contributed by atoms with Gasteiger partial charge >= 0.3 is 0 Å². The lowest BCUT2D eigenvalue weighted by Crippen LogP contribution is -2.42. The maximum Gasteiger partial charge on any atom is 0.255 e. The van der Waals surface area contributed by atoms with Crippen molar-refractivity contribution >= 4 is 21.8 Å². The van der Waals surface area contributed by atoms with Crippen LogP contribution in [0, 0.1) is 0 Å². The van der Waals surface area contributed by atoms with Crippen LogP contribution >= 0.6 is 15.9 Å². The molecular formula is C14H18BrNO2. The first-order valence-corrected chi connectivity index (χ1v) is 7.22. The minimum Gasteiger partial charge on any atom is -0.496 e. The van der Waals surface area contributed by atoms with E-state index in [-0.39, 0.29) is 11.9 Å². The lowest BCUT2D eigenvalue weighted by Gasteiger charge is -2.28. The molecule has 1 aromatic carbocycles. The Morgan fingerprint density at radius 3 is 2.78 bits per heavy atom. The van der Waals surface area contributed by atoms with Crippen LogP contribution in [0.15, 0.2) is 24.3 Å². The van der Waals surface area contributed by atoms with E-state index in [1.54, 1.807) is 19.2 Å². The van der Waals surface area contributed by atoms with Gasteiger partial charge in [0.15, 0.2) is 0 Å².